The first-order valence-electron chi connectivity index (χ1n) is 10.1. The molecular formula is C23H30O3. The summed E-state index contributed by atoms with van der Waals surface area (Å²) in [6.07, 6.45) is 13.0. The Hall–Kier alpha value is -1.64. The number of esters is 1. The van der Waals surface area contributed by atoms with Gasteiger partial charge in [0.15, 0.2) is 0 Å². The Bertz CT molecular complexity index is 755. The maximum Gasteiger partial charge on any atom is 0.302 e. The predicted octanol–water partition coefficient (Wildman–Crippen LogP) is 4.93. The van der Waals surface area contributed by atoms with Crippen molar-refractivity contribution in [2.24, 2.45) is 22.7 Å². The second-order valence-electron chi connectivity index (χ2n) is 9.24. The van der Waals surface area contributed by atoms with Crippen molar-refractivity contribution >= 4 is 11.8 Å². The maximum absolute atomic E-state index is 12.2. The average Bonchev–Trinajstić information content (AvgIpc) is 2.92. The van der Waals surface area contributed by atoms with Crippen LogP contribution >= 0.6 is 0 Å². The lowest BCUT2D eigenvalue weighted by Crippen LogP contribution is -2.41. The minimum absolute atomic E-state index is 0.0183. The molecule has 26 heavy (non-hydrogen) atoms. The lowest BCUT2D eigenvalue weighted by atomic mass is 9.55. The molecule has 0 radical (unpaired) electrons. The van der Waals surface area contributed by atoms with Gasteiger partial charge in [-0.25, -0.2) is 0 Å². The van der Waals surface area contributed by atoms with Gasteiger partial charge < -0.3 is 4.74 Å². The number of ketones is 1. The van der Waals surface area contributed by atoms with E-state index in [1.807, 2.05) is 0 Å². The van der Waals surface area contributed by atoms with E-state index in [0.29, 0.717) is 11.7 Å². The molecule has 0 bridgehead atoms. The zero-order valence-corrected chi connectivity index (χ0v) is 16.4. The number of allylic oxidation sites excluding steroid dienone is 5. The minimum atomic E-state index is -0.180. The van der Waals surface area contributed by atoms with Gasteiger partial charge in [0.25, 0.3) is 0 Å². The molecule has 0 aromatic carbocycles. The van der Waals surface area contributed by atoms with E-state index in [1.54, 1.807) is 6.92 Å². The summed E-state index contributed by atoms with van der Waals surface area (Å²) in [5, 5.41) is 0. The third-order valence-electron chi connectivity index (χ3n) is 7.77. The topological polar surface area (TPSA) is 43.4 Å². The van der Waals surface area contributed by atoms with Crippen molar-refractivity contribution in [1.82, 2.24) is 0 Å². The van der Waals surface area contributed by atoms with Crippen molar-refractivity contribution in [2.45, 2.75) is 72.3 Å². The highest BCUT2D eigenvalue weighted by atomic mass is 16.5. The summed E-state index contributed by atoms with van der Waals surface area (Å²) in [7, 11) is 0. The van der Waals surface area contributed by atoms with Gasteiger partial charge in [0.05, 0.1) is 0 Å². The van der Waals surface area contributed by atoms with Gasteiger partial charge in [0, 0.05) is 24.7 Å². The summed E-state index contributed by atoms with van der Waals surface area (Å²) >= 11 is 0. The minimum Gasteiger partial charge on any atom is -0.462 e. The van der Waals surface area contributed by atoms with E-state index in [0.717, 1.165) is 38.5 Å². The van der Waals surface area contributed by atoms with Crippen molar-refractivity contribution in [3.05, 3.63) is 34.9 Å². The van der Waals surface area contributed by atoms with Crippen molar-refractivity contribution in [3.8, 4) is 0 Å². The molecule has 0 N–H and O–H groups in total. The van der Waals surface area contributed by atoms with Crippen LogP contribution in [-0.4, -0.2) is 17.9 Å². The van der Waals surface area contributed by atoms with Gasteiger partial charge >= 0.3 is 5.97 Å². The van der Waals surface area contributed by atoms with E-state index >= 15 is 0 Å². The molecule has 5 atom stereocenters. The fourth-order valence-corrected chi connectivity index (χ4v) is 6.34. The van der Waals surface area contributed by atoms with Gasteiger partial charge in [-0.3, -0.25) is 9.59 Å². The number of hydrogen-bond acceptors (Lipinski definition) is 3. The van der Waals surface area contributed by atoms with Gasteiger partial charge in [0.1, 0.15) is 11.9 Å². The molecular weight excluding hydrogens is 324 g/mol. The second kappa shape index (κ2) is 5.94. The molecule has 0 amide bonds. The number of carbonyl (C=O) groups excluding carboxylic acids is 2. The van der Waals surface area contributed by atoms with Gasteiger partial charge in [-0.05, 0) is 61.5 Å². The Kier molecular flexibility index (Phi) is 4.05. The molecule has 140 valence electrons. The highest BCUT2D eigenvalue weighted by Crippen LogP contribution is 2.62. The third kappa shape index (κ3) is 2.46. The molecule has 2 fully saturated rings. The molecule has 4 aliphatic carbocycles. The Morgan fingerprint density at radius 1 is 1.12 bits per heavy atom. The molecule has 4 rings (SSSR count). The van der Waals surface area contributed by atoms with Crippen LogP contribution in [0, 0.1) is 22.7 Å². The number of ether oxygens (including phenoxy) is 1. The van der Waals surface area contributed by atoms with Crippen LogP contribution in [0.4, 0.5) is 0 Å². The number of Topliss-reactive ketones (excluding diaryl/α,β-unsaturated/α-hetero) is 1. The molecule has 4 aliphatic rings. The van der Waals surface area contributed by atoms with Crippen molar-refractivity contribution in [1.29, 1.82) is 0 Å². The molecule has 0 spiro atoms. The monoisotopic (exact) mass is 354 g/mol. The van der Waals surface area contributed by atoms with Crippen LogP contribution in [0.5, 0.6) is 0 Å². The summed E-state index contributed by atoms with van der Waals surface area (Å²) in [5.74, 6) is 0.869. The normalized spacial score (nSPS) is 41.1. The third-order valence-corrected chi connectivity index (χ3v) is 7.77. The number of carbonyl (C=O) groups is 2. The van der Waals surface area contributed by atoms with Gasteiger partial charge in [0.2, 0.25) is 0 Å². The number of hydrogen-bond donors (Lipinski definition) is 0. The van der Waals surface area contributed by atoms with E-state index in [1.165, 1.54) is 23.6 Å². The van der Waals surface area contributed by atoms with E-state index in [-0.39, 0.29) is 28.8 Å². The highest BCUT2D eigenvalue weighted by Gasteiger charge is 2.54. The standard InChI is InChI=1S/C23H30O3/c1-14(24)19-7-8-20-18-6-5-16-13-17(26-15(2)25)9-11-22(16,3)21(18)10-12-23(19,20)4/h5-6,10,17,19-20H,7-9,11-13H2,1-4H3/t17-,19+,20-,22-,23+/m0/s1. The van der Waals surface area contributed by atoms with Crippen LogP contribution in [0.2, 0.25) is 0 Å². The van der Waals surface area contributed by atoms with E-state index in [4.69, 9.17) is 4.74 Å². The largest absolute Gasteiger partial charge is 0.462 e. The van der Waals surface area contributed by atoms with Crippen LogP contribution in [0.3, 0.4) is 0 Å². The van der Waals surface area contributed by atoms with Crippen molar-refractivity contribution in [2.75, 3.05) is 0 Å². The van der Waals surface area contributed by atoms with E-state index < -0.39 is 0 Å². The van der Waals surface area contributed by atoms with Crippen molar-refractivity contribution < 1.29 is 14.3 Å². The lowest BCUT2D eigenvalue weighted by molar-refractivity contribution is -0.147. The smallest absolute Gasteiger partial charge is 0.302 e. The van der Waals surface area contributed by atoms with Crippen LogP contribution in [-0.2, 0) is 14.3 Å². The quantitative estimate of drug-likeness (QED) is 0.661. The predicted molar refractivity (Wildman–Crippen MR) is 101 cm³/mol. The van der Waals surface area contributed by atoms with Crippen LogP contribution in [0.25, 0.3) is 0 Å². The molecule has 0 unspecified atom stereocenters. The summed E-state index contributed by atoms with van der Waals surface area (Å²) in [5.41, 5.74) is 4.51. The Morgan fingerprint density at radius 3 is 2.58 bits per heavy atom. The average molecular weight is 354 g/mol. The first-order valence-corrected chi connectivity index (χ1v) is 10.1. The molecule has 0 aromatic rings. The Balaban J connectivity index is 1.68. The van der Waals surface area contributed by atoms with Gasteiger partial charge in [-0.15, -0.1) is 0 Å². The first-order chi connectivity index (χ1) is 12.3. The summed E-state index contributed by atoms with van der Waals surface area (Å²) in [6.45, 7) is 7.95. The zero-order chi connectivity index (χ0) is 18.7. The Labute approximate surface area is 156 Å². The highest BCUT2D eigenvalue weighted by molar-refractivity contribution is 5.80. The Morgan fingerprint density at radius 2 is 1.88 bits per heavy atom. The molecule has 2 saturated carbocycles. The van der Waals surface area contributed by atoms with E-state index in [2.05, 4.69) is 32.1 Å². The molecule has 3 heteroatoms. The summed E-state index contributed by atoms with van der Waals surface area (Å²) < 4.78 is 5.49. The zero-order valence-electron chi connectivity index (χ0n) is 16.4. The molecule has 0 saturated heterocycles. The summed E-state index contributed by atoms with van der Waals surface area (Å²) in [4.78, 5) is 23.5. The van der Waals surface area contributed by atoms with Crippen LogP contribution in [0.1, 0.15) is 66.2 Å². The molecule has 0 heterocycles. The first kappa shape index (κ1) is 17.8. The lowest BCUT2D eigenvalue weighted by Gasteiger charge is -2.50. The SMILES string of the molecule is CC(=O)O[C@H]1CC[C@@]2(C)C(=CC=C3C2=CC[C@]2(C)[C@@H](C(C)=O)CC[C@@H]32)C1. The van der Waals surface area contributed by atoms with E-state index in [9.17, 15) is 9.59 Å². The fourth-order valence-electron chi connectivity index (χ4n) is 6.34. The number of rotatable bonds is 2. The van der Waals surface area contributed by atoms with Crippen LogP contribution in [0.15, 0.2) is 34.9 Å². The molecule has 0 aromatic heterocycles. The maximum atomic E-state index is 12.2. The number of fused-ring (bicyclic) bond motifs is 5. The van der Waals surface area contributed by atoms with Gasteiger partial charge in [-0.1, -0.05) is 37.6 Å². The molecule has 3 nitrogen and oxygen atoms in total. The van der Waals surface area contributed by atoms with Gasteiger partial charge in [-0.2, -0.15) is 0 Å². The molecule has 0 aliphatic heterocycles. The second-order valence-corrected chi connectivity index (χ2v) is 9.24. The van der Waals surface area contributed by atoms with Crippen molar-refractivity contribution in [3.63, 3.8) is 0 Å². The summed E-state index contributed by atoms with van der Waals surface area (Å²) in [6, 6.07) is 0. The fraction of sp³-hybridized carbons (Fsp3) is 0.652. The van der Waals surface area contributed by atoms with Crippen LogP contribution < -0.4 is 0 Å².